The highest BCUT2D eigenvalue weighted by atomic mass is 32.2. The Hall–Kier alpha value is -4.35. The minimum atomic E-state index is -0.792. The van der Waals surface area contributed by atoms with E-state index in [1.165, 1.54) is 35.4 Å². The summed E-state index contributed by atoms with van der Waals surface area (Å²) in [5.74, 6) is -1.46. The van der Waals surface area contributed by atoms with E-state index < -0.39 is 17.1 Å². The lowest BCUT2D eigenvalue weighted by Crippen LogP contribution is -2.33. The number of carbonyl (C=O) groups excluding carboxylic acids is 3. The molecule has 0 aliphatic carbocycles. The summed E-state index contributed by atoms with van der Waals surface area (Å²) in [6.07, 6.45) is 0. The number of methoxy groups -OCH3 is 2. The number of thioether (sulfide) groups is 1. The van der Waals surface area contributed by atoms with Crippen LogP contribution in [0.1, 0.15) is 27.5 Å². The second kappa shape index (κ2) is 11.4. The number of thiazole rings is 1. The molecule has 2 aliphatic heterocycles. The molecule has 0 radical (unpaired) electrons. The maximum absolute atomic E-state index is 14.1. The molecule has 2 aliphatic rings. The molecule has 9 nitrogen and oxygen atoms in total. The molecule has 0 spiro atoms. The first kappa shape index (κ1) is 28.8. The van der Waals surface area contributed by atoms with E-state index in [1.807, 2.05) is 50.2 Å². The average Bonchev–Trinajstić information content (AvgIpc) is 3.43. The zero-order chi connectivity index (χ0) is 30.4. The Morgan fingerprint density at radius 2 is 1.63 bits per heavy atom. The van der Waals surface area contributed by atoms with Gasteiger partial charge >= 0.3 is 4.87 Å². The number of fused-ring (bicyclic) bond motifs is 2. The van der Waals surface area contributed by atoms with Gasteiger partial charge in [0.2, 0.25) is 17.7 Å². The Bertz CT molecular complexity index is 1810. The van der Waals surface area contributed by atoms with Gasteiger partial charge in [-0.1, -0.05) is 59.0 Å². The average molecular weight is 616 g/mol. The summed E-state index contributed by atoms with van der Waals surface area (Å²) in [6, 6.07) is 20.0. The number of imide groups is 1. The molecule has 1 aromatic heterocycles. The molecular formula is C32H29N3O6S2. The third-order valence-corrected chi connectivity index (χ3v) is 10.3. The topological polar surface area (TPSA) is 107 Å². The molecule has 1 fully saturated rings. The van der Waals surface area contributed by atoms with Crippen molar-refractivity contribution in [3.8, 4) is 11.5 Å². The van der Waals surface area contributed by atoms with Gasteiger partial charge in [-0.15, -0.1) is 0 Å². The third-order valence-electron chi connectivity index (χ3n) is 7.71. The number of nitrogens with one attached hydrogen (secondary N) is 1. The maximum Gasteiger partial charge on any atom is 0.308 e. The number of carbonyl (C=O) groups is 3. The molecule has 0 unspecified atom stereocenters. The van der Waals surface area contributed by atoms with Crippen molar-refractivity contribution in [1.29, 1.82) is 0 Å². The van der Waals surface area contributed by atoms with Gasteiger partial charge in [0.05, 0.1) is 30.9 Å². The number of aryl methyl sites for hydroxylation is 2. The summed E-state index contributed by atoms with van der Waals surface area (Å²) in [7, 11) is 3.06. The van der Waals surface area contributed by atoms with Gasteiger partial charge in [0.25, 0.3) is 0 Å². The zero-order valence-electron chi connectivity index (χ0n) is 24.0. The summed E-state index contributed by atoms with van der Waals surface area (Å²) in [4.78, 5) is 56.1. The van der Waals surface area contributed by atoms with Crippen LogP contribution in [0.4, 0.5) is 11.4 Å². The fraction of sp³-hybridized carbons (Fsp3) is 0.250. The number of hydrogen-bond acceptors (Lipinski definition) is 8. The second-order valence-corrected chi connectivity index (χ2v) is 12.7. The van der Waals surface area contributed by atoms with E-state index >= 15 is 0 Å². The maximum atomic E-state index is 14.1. The van der Waals surface area contributed by atoms with Crippen molar-refractivity contribution in [3.05, 3.63) is 98.0 Å². The van der Waals surface area contributed by atoms with Crippen molar-refractivity contribution < 1.29 is 23.9 Å². The van der Waals surface area contributed by atoms with E-state index in [1.54, 1.807) is 30.3 Å². The fourth-order valence-electron chi connectivity index (χ4n) is 5.68. The molecule has 4 aromatic rings. The highest BCUT2D eigenvalue weighted by molar-refractivity contribution is 8.00. The quantitative estimate of drug-likeness (QED) is 0.293. The molecule has 0 saturated carbocycles. The van der Waals surface area contributed by atoms with Gasteiger partial charge in [0, 0.05) is 16.5 Å². The highest BCUT2D eigenvalue weighted by Crippen LogP contribution is 2.54. The largest absolute Gasteiger partial charge is 0.493 e. The predicted molar refractivity (Wildman–Crippen MR) is 167 cm³/mol. The van der Waals surface area contributed by atoms with Gasteiger partial charge in [-0.2, -0.15) is 0 Å². The number of anilines is 2. The normalized spacial score (nSPS) is 19.2. The standard InChI is InChI=1S/C32H29N3O6S2/c1-17-8-11-21(12-9-17)35-29(37)26-25(19-10-13-22(40-3)23(15-19)41-4)28-31(42-27(26)30(35)38)34(32(39)43-28)16-24(36)33-20-7-5-6-18(2)14-20/h5-15,25-27H,16H2,1-4H3,(H,33,36)/t25-,26-,27+/m0/s1. The van der Waals surface area contributed by atoms with Crippen LogP contribution >= 0.6 is 23.1 Å². The SMILES string of the molecule is COc1ccc([C@@H]2c3sc(=O)n(CC(=O)Nc4cccc(C)c4)c3S[C@H]3C(=O)N(c4ccc(C)cc4)C(=O)[C@@H]23)cc1OC. The van der Waals surface area contributed by atoms with Crippen LogP contribution in [0.5, 0.6) is 11.5 Å². The third kappa shape index (κ3) is 5.12. The molecular weight excluding hydrogens is 587 g/mol. The lowest BCUT2D eigenvalue weighted by atomic mass is 9.83. The lowest BCUT2D eigenvalue weighted by molar-refractivity contribution is -0.122. The van der Waals surface area contributed by atoms with Gasteiger partial charge in [0.1, 0.15) is 11.8 Å². The summed E-state index contributed by atoms with van der Waals surface area (Å²) < 4.78 is 12.4. The molecule has 43 heavy (non-hydrogen) atoms. The van der Waals surface area contributed by atoms with Crippen molar-refractivity contribution >= 4 is 52.2 Å². The molecule has 1 N–H and O–H groups in total. The molecule has 11 heteroatoms. The summed E-state index contributed by atoms with van der Waals surface area (Å²) >= 11 is 2.18. The zero-order valence-corrected chi connectivity index (χ0v) is 25.6. The van der Waals surface area contributed by atoms with Gasteiger partial charge in [-0.3, -0.25) is 23.7 Å². The van der Waals surface area contributed by atoms with Crippen molar-refractivity contribution in [2.75, 3.05) is 24.4 Å². The van der Waals surface area contributed by atoms with E-state index in [-0.39, 0.29) is 29.1 Å². The smallest absolute Gasteiger partial charge is 0.308 e. The number of rotatable bonds is 7. The molecule has 1 saturated heterocycles. The Kier molecular flexibility index (Phi) is 7.61. The first-order chi connectivity index (χ1) is 20.7. The molecule has 3 aromatic carbocycles. The number of amides is 3. The van der Waals surface area contributed by atoms with Crippen molar-refractivity contribution in [1.82, 2.24) is 4.57 Å². The minimum Gasteiger partial charge on any atom is -0.493 e. The van der Waals surface area contributed by atoms with Crippen LogP contribution in [0.2, 0.25) is 0 Å². The van der Waals surface area contributed by atoms with Crippen LogP contribution in [0.25, 0.3) is 0 Å². The first-order valence-electron chi connectivity index (χ1n) is 13.6. The highest BCUT2D eigenvalue weighted by Gasteiger charge is 2.57. The second-order valence-electron chi connectivity index (χ2n) is 10.5. The molecule has 220 valence electrons. The van der Waals surface area contributed by atoms with E-state index in [0.29, 0.717) is 38.3 Å². The Morgan fingerprint density at radius 1 is 0.884 bits per heavy atom. The molecule has 3 atom stereocenters. The Labute approximate surface area is 256 Å². The molecule has 0 bridgehead atoms. The van der Waals surface area contributed by atoms with Crippen LogP contribution in [-0.4, -0.2) is 41.8 Å². The minimum absolute atomic E-state index is 0.231. The van der Waals surface area contributed by atoms with Gasteiger partial charge < -0.3 is 14.8 Å². The van der Waals surface area contributed by atoms with Gasteiger partial charge in [0.15, 0.2) is 11.5 Å². The molecule has 6 rings (SSSR count). The number of nitrogens with zero attached hydrogens (tertiary/aromatic N) is 2. The first-order valence-corrected chi connectivity index (χ1v) is 15.3. The Balaban J connectivity index is 1.44. The lowest BCUT2D eigenvalue weighted by Gasteiger charge is -2.31. The number of ether oxygens (including phenoxy) is 2. The van der Waals surface area contributed by atoms with Crippen molar-refractivity contribution in [3.63, 3.8) is 0 Å². The Morgan fingerprint density at radius 3 is 2.33 bits per heavy atom. The number of hydrogen-bond donors (Lipinski definition) is 1. The van der Waals surface area contributed by atoms with E-state index in [4.69, 9.17) is 9.47 Å². The van der Waals surface area contributed by atoms with E-state index in [9.17, 15) is 19.2 Å². The van der Waals surface area contributed by atoms with Gasteiger partial charge in [-0.25, -0.2) is 4.90 Å². The number of aromatic nitrogens is 1. The van der Waals surface area contributed by atoms with Crippen LogP contribution < -0.4 is 24.6 Å². The summed E-state index contributed by atoms with van der Waals surface area (Å²) in [6.45, 7) is 3.63. The van der Waals surface area contributed by atoms with E-state index in [0.717, 1.165) is 22.5 Å². The van der Waals surface area contributed by atoms with Gasteiger partial charge in [-0.05, 0) is 61.4 Å². The predicted octanol–water partition coefficient (Wildman–Crippen LogP) is 4.98. The van der Waals surface area contributed by atoms with Crippen LogP contribution in [0.15, 0.2) is 76.6 Å². The van der Waals surface area contributed by atoms with Crippen LogP contribution in [-0.2, 0) is 20.9 Å². The number of benzene rings is 3. The molecule has 3 amide bonds. The van der Waals surface area contributed by atoms with E-state index in [2.05, 4.69) is 5.32 Å². The van der Waals surface area contributed by atoms with Crippen molar-refractivity contribution in [2.45, 2.75) is 36.6 Å². The molecule has 3 heterocycles. The van der Waals surface area contributed by atoms with Crippen LogP contribution in [0, 0.1) is 19.8 Å². The van der Waals surface area contributed by atoms with Crippen molar-refractivity contribution in [2.24, 2.45) is 5.92 Å². The van der Waals surface area contributed by atoms with Crippen LogP contribution in [0.3, 0.4) is 0 Å². The summed E-state index contributed by atoms with van der Waals surface area (Å²) in [5.41, 5.74) is 3.83. The fourth-order valence-corrected chi connectivity index (χ4v) is 8.45. The summed E-state index contributed by atoms with van der Waals surface area (Å²) in [5, 5.41) is 2.58. The monoisotopic (exact) mass is 615 g/mol.